The molecule has 35 heavy (non-hydrogen) atoms. The number of likely N-dealkylation sites (tertiary alicyclic amines) is 1. The highest BCUT2D eigenvalue weighted by Crippen LogP contribution is 2.30. The van der Waals surface area contributed by atoms with Crippen molar-refractivity contribution in [3.05, 3.63) is 39.6 Å². The van der Waals surface area contributed by atoms with Gasteiger partial charge in [0, 0.05) is 42.8 Å². The van der Waals surface area contributed by atoms with Crippen LogP contribution < -0.4 is 10.9 Å². The van der Waals surface area contributed by atoms with Crippen molar-refractivity contribution < 1.29 is 19.1 Å². The average Bonchev–Trinajstić information content (AvgIpc) is 3.53. The van der Waals surface area contributed by atoms with Crippen molar-refractivity contribution in [3.63, 3.8) is 0 Å². The Bertz CT molecular complexity index is 1260. The number of nitrogens with one attached hydrogen (secondary N) is 1. The number of phenolic OH excluding ortho intramolecular Hbond substituents is 1. The molecule has 2 amide bonds. The van der Waals surface area contributed by atoms with E-state index in [9.17, 15) is 19.5 Å². The summed E-state index contributed by atoms with van der Waals surface area (Å²) in [6.07, 6.45) is 7.43. The van der Waals surface area contributed by atoms with E-state index in [2.05, 4.69) is 17.2 Å². The van der Waals surface area contributed by atoms with Crippen LogP contribution in [-0.4, -0.2) is 39.9 Å². The van der Waals surface area contributed by atoms with E-state index in [1.54, 1.807) is 16.3 Å². The quantitative estimate of drug-likeness (QED) is 0.298. The summed E-state index contributed by atoms with van der Waals surface area (Å²) >= 11 is 1.21. The molecule has 1 aliphatic heterocycles. The van der Waals surface area contributed by atoms with E-state index in [4.69, 9.17) is 4.42 Å². The molecule has 0 saturated carbocycles. The van der Waals surface area contributed by atoms with Gasteiger partial charge in [-0.25, -0.2) is 9.78 Å². The van der Waals surface area contributed by atoms with Gasteiger partial charge in [0.15, 0.2) is 5.13 Å². The number of anilines is 1. The van der Waals surface area contributed by atoms with E-state index in [1.807, 2.05) is 6.07 Å². The molecule has 4 rings (SSSR count). The summed E-state index contributed by atoms with van der Waals surface area (Å²) in [6.45, 7) is 3.69. The Hall–Kier alpha value is -3.20. The zero-order valence-electron chi connectivity index (χ0n) is 20.0. The third-order valence-electron chi connectivity index (χ3n) is 6.28. The van der Waals surface area contributed by atoms with E-state index in [-0.39, 0.29) is 30.4 Å². The maximum Gasteiger partial charge on any atom is 0.345 e. The molecule has 0 aliphatic carbocycles. The van der Waals surface area contributed by atoms with Crippen LogP contribution in [0, 0.1) is 0 Å². The Morgan fingerprint density at radius 1 is 1.14 bits per heavy atom. The second-order valence-corrected chi connectivity index (χ2v) is 9.81. The Balaban J connectivity index is 1.44. The number of nitrogens with zero attached hydrogens (tertiary/aromatic N) is 2. The number of aryl methyl sites for hydroxylation is 1. The van der Waals surface area contributed by atoms with Gasteiger partial charge in [-0.3, -0.25) is 9.59 Å². The summed E-state index contributed by atoms with van der Waals surface area (Å²) in [5.74, 6) is -0.152. The maximum absolute atomic E-state index is 12.6. The van der Waals surface area contributed by atoms with Gasteiger partial charge < -0.3 is 19.7 Å². The molecule has 3 heterocycles. The standard InChI is InChI=1S/C26H31N3O5S/c1-2-3-4-5-8-17-13-18-14-19(25(33)34-22(18)15-21(17)30)20-16-35-26(27-20)28-23(31)9-10-24(32)29-11-6-7-12-29/h13-16,30H,2-12H2,1H3,(H,27,28,31). The molecule has 0 radical (unpaired) electrons. The lowest BCUT2D eigenvalue weighted by molar-refractivity contribution is -0.131. The number of aromatic hydroxyl groups is 1. The summed E-state index contributed by atoms with van der Waals surface area (Å²) in [4.78, 5) is 43.2. The number of carbonyl (C=O) groups is 2. The number of rotatable bonds is 10. The fraction of sp³-hybridized carbons (Fsp3) is 0.462. The van der Waals surface area contributed by atoms with Crippen molar-refractivity contribution in [1.29, 1.82) is 0 Å². The minimum atomic E-state index is -0.563. The van der Waals surface area contributed by atoms with Gasteiger partial charge in [-0.05, 0) is 43.4 Å². The van der Waals surface area contributed by atoms with Crippen LogP contribution in [0.4, 0.5) is 5.13 Å². The number of benzene rings is 1. The van der Waals surface area contributed by atoms with Crippen molar-refractivity contribution in [2.75, 3.05) is 18.4 Å². The molecule has 186 valence electrons. The first kappa shape index (κ1) is 24.9. The van der Waals surface area contributed by atoms with Gasteiger partial charge >= 0.3 is 5.63 Å². The molecular formula is C26H31N3O5S. The van der Waals surface area contributed by atoms with Crippen LogP contribution in [0.3, 0.4) is 0 Å². The van der Waals surface area contributed by atoms with Gasteiger partial charge in [-0.2, -0.15) is 0 Å². The van der Waals surface area contributed by atoms with Crippen LogP contribution in [0.25, 0.3) is 22.2 Å². The fourth-order valence-electron chi connectivity index (χ4n) is 4.31. The van der Waals surface area contributed by atoms with Crippen molar-refractivity contribution in [2.45, 2.75) is 64.7 Å². The first-order valence-corrected chi connectivity index (χ1v) is 13.2. The van der Waals surface area contributed by atoms with E-state index >= 15 is 0 Å². The van der Waals surface area contributed by atoms with Gasteiger partial charge in [-0.15, -0.1) is 11.3 Å². The summed E-state index contributed by atoms with van der Waals surface area (Å²) in [6, 6.07) is 5.06. The smallest absolute Gasteiger partial charge is 0.345 e. The average molecular weight is 498 g/mol. The molecule has 9 heteroatoms. The number of fused-ring (bicyclic) bond motifs is 1. The fourth-order valence-corrected chi connectivity index (χ4v) is 5.03. The predicted molar refractivity (Wildman–Crippen MR) is 137 cm³/mol. The van der Waals surface area contributed by atoms with Crippen LogP contribution in [-0.2, 0) is 16.0 Å². The predicted octanol–water partition coefficient (Wildman–Crippen LogP) is 5.09. The summed E-state index contributed by atoms with van der Waals surface area (Å²) in [5, 5.41) is 15.8. The largest absolute Gasteiger partial charge is 0.508 e. The Kier molecular flexibility index (Phi) is 8.17. The molecule has 0 atom stereocenters. The minimum absolute atomic E-state index is 0.00187. The highest BCUT2D eigenvalue weighted by molar-refractivity contribution is 7.14. The molecule has 1 fully saturated rings. The first-order chi connectivity index (χ1) is 16.9. The van der Waals surface area contributed by atoms with Crippen LogP contribution in [0.2, 0.25) is 0 Å². The summed E-state index contributed by atoms with van der Waals surface area (Å²) in [7, 11) is 0. The third kappa shape index (κ3) is 6.28. The molecule has 0 unspecified atom stereocenters. The molecular weight excluding hydrogens is 466 g/mol. The van der Waals surface area contributed by atoms with E-state index in [0.29, 0.717) is 27.4 Å². The van der Waals surface area contributed by atoms with Gasteiger partial charge in [0.1, 0.15) is 11.3 Å². The zero-order chi connectivity index (χ0) is 24.8. The second-order valence-electron chi connectivity index (χ2n) is 8.95. The van der Waals surface area contributed by atoms with Gasteiger partial charge in [-0.1, -0.05) is 26.2 Å². The molecule has 3 aromatic rings. The van der Waals surface area contributed by atoms with E-state index in [0.717, 1.165) is 63.6 Å². The van der Waals surface area contributed by atoms with Crippen LogP contribution in [0.5, 0.6) is 5.75 Å². The van der Waals surface area contributed by atoms with Crippen molar-refractivity contribution in [1.82, 2.24) is 9.88 Å². The van der Waals surface area contributed by atoms with E-state index in [1.165, 1.54) is 17.4 Å². The maximum atomic E-state index is 12.6. The monoisotopic (exact) mass is 497 g/mol. The number of phenols is 1. The number of hydrogen-bond donors (Lipinski definition) is 2. The van der Waals surface area contributed by atoms with Crippen LogP contribution >= 0.6 is 11.3 Å². The Morgan fingerprint density at radius 3 is 2.71 bits per heavy atom. The third-order valence-corrected chi connectivity index (χ3v) is 7.04. The number of amides is 2. The van der Waals surface area contributed by atoms with Crippen LogP contribution in [0.1, 0.15) is 63.9 Å². The number of hydrogen-bond acceptors (Lipinski definition) is 7. The number of carbonyl (C=O) groups excluding carboxylic acids is 2. The number of unbranched alkanes of at least 4 members (excludes halogenated alkanes) is 3. The normalized spacial score (nSPS) is 13.5. The molecule has 1 aliphatic rings. The van der Waals surface area contributed by atoms with Crippen molar-refractivity contribution >= 4 is 39.3 Å². The van der Waals surface area contributed by atoms with Gasteiger partial charge in [0.05, 0.1) is 11.3 Å². The highest BCUT2D eigenvalue weighted by Gasteiger charge is 2.19. The molecule has 1 aromatic carbocycles. The molecule has 0 spiro atoms. The summed E-state index contributed by atoms with van der Waals surface area (Å²) in [5.41, 5.74) is 1.28. The van der Waals surface area contributed by atoms with E-state index < -0.39 is 5.63 Å². The van der Waals surface area contributed by atoms with Gasteiger partial charge in [0.2, 0.25) is 11.8 Å². The Morgan fingerprint density at radius 2 is 1.94 bits per heavy atom. The lowest BCUT2D eigenvalue weighted by atomic mass is 10.0. The van der Waals surface area contributed by atoms with Gasteiger partial charge in [0.25, 0.3) is 0 Å². The summed E-state index contributed by atoms with van der Waals surface area (Å²) < 4.78 is 5.45. The molecule has 2 N–H and O–H groups in total. The Labute approximate surface area is 208 Å². The highest BCUT2D eigenvalue weighted by atomic mass is 32.1. The molecule has 0 bridgehead atoms. The minimum Gasteiger partial charge on any atom is -0.508 e. The number of aromatic nitrogens is 1. The SMILES string of the molecule is CCCCCCc1cc2cc(-c3csc(NC(=O)CCC(=O)N4CCCC4)n3)c(=O)oc2cc1O. The molecule has 8 nitrogen and oxygen atoms in total. The molecule has 2 aromatic heterocycles. The van der Waals surface area contributed by atoms with Crippen molar-refractivity contribution in [3.8, 4) is 17.0 Å². The number of thiazole rings is 1. The van der Waals surface area contributed by atoms with Crippen LogP contribution in [0.15, 0.2) is 32.8 Å². The molecule has 1 saturated heterocycles. The zero-order valence-corrected chi connectivity index (χ0v) is 20.8. The lowest BCUT2D eigenvalue weighted by Crippen LogP contribution is -2.28. The lowest BCUT2D eigenvalue weighted by Gasteiger charge is -2.14. The first-order valence-electron chi connectivity index (χ1n) is 12.3. The topological polar surface area (TPSA) is 113 Å². The van der Waals surface area contributed by atoms with Crippen molar-refractivity contribution in [2.24, 2.45) is 0 Å². The second kappa shape index (κ2) is 11.5.